The fourth-order valence-electron chi connectivity index (χ4n) is 7.33. The van der Waals surface area contributed by atoms with Gasteiger partial charge in [0.15, 0.2) is 11.6 Å². The number of benzene rings is 2. The van der Waals surface area contributed by atoms with Crippen molar-refractivity contribution >= 4 is 41.2 Å². The van der Waals surface area contributed by atoms with Crippen LogP contribution in [0, 0.1) is 34.8 Å². The zero-order chi connectivity index (χ0) is 51.7. The van der Waals surface area contributed by atoms with Gasteiger partial charge in [0.05, 0.1) is 29.7 Å². The van der Waals surface area contributed by atoms with E-state index in [9.17, 15) is 56.5 Å². The molecule has 1 aromatic heterocycles. The maximum absolute atomic E-state index is 15.1. The van der Waals surface area contributed by atoms with Crippen LogP contribution >= 0.6 is 0 Å². The van der Waals surface area contributed by atoms with Crippen LogP contribution in [0.2, 0.25) is 0 Å². The summed E-state index contributed by atoms with van der Waals surface area (Å²) in [6.07, 6.45) is -2.85. The van der Waals surface area contributed by atoms with Crippen LogP contribution in [0.1, 0.15) is 104 Å². The second-order valence-corrected chi connectivity index (χ2v) is 17.8. The predicted molar refractivity (Wildman–Crippen MR) is 239 cm³/mol. The lowest BCUT2D eigenvalue weighted by Gasteiger charge is -2.40. The van der Waals surface area contributed by atoms with Crippen molar-refractivity contribution in [1.82, 2.24) is 25.1 Å². The average Bonchev–Trinajstić information content (AvgIpc) is 3.64. The summed E-state index contributed by atoms with van der Waals surface area (Å²) in [7, 11) is 0. The summed E-state index contributed by atoms with van der Waals surface area (Å²) in [6, 6.07) is 9.37. The second-order valence-electron chi connectivity index (χ2n) is 17.8. The van der Waals surface area contributed by atoms with Gasteiger partial charge < -0.3 is 41.2 Å². The van der Waals surface area contributed by atoms with Gasteiger partial charge in [-0.1, -0.05) is 65.0 Å². The lowest BCUT2D eigenvalue weighted by molar-refractivity contribution is -0.192. The van der Waals surface area contributed by atoms with Gasteiger partial charge in [0.2, 0.25) is 17.7 Å². The minimum Gasteiger partial charge on any atom is -0.481 e. The van der Waals surface area contributed by atoms with Crippen LogP contribution in [0.25, 0.3) is 11.3 Å². The maximum atomic E-state index is 15.1. The highest BCUT2D eigenvalue weighted by atomic mass is 19.4. The first kappa shape index (κ1) is 58.0. The molecule has 2 aromatic carbocycles. The predicted octanol–water partition coefficient (Wildman–Crippen LogP) is 5.84. The molecule has 7 N–H and O–H groups in total. The van der Waals surface area contributed by atoms with Crippen LogP contribution in [-0.4, -0.2) is 109 Å². The number of rotatable bonds is 24. The molecule has 0 aliphatic rings. The summed E-state index contributed by atoms with van der Waals surface area (Å²) < 4.78 is 62.9. The minimum atomic E-state index is -5.08. The quantitative estimate of drug-likeness (QED) is 0.0458. The van der Waals surface area contributed by atoms with E-state index in [1.54, 1.807) is 24.6 Å². The topological polar surface area (TPSA) is 251 Å². The first-order valence-electron chi connectivity index (χ1n) is 21.9. The van der Waals surface area contributed by atoms with E-state index in [-0.39, 0.29) is 60.6 Å². The Morgan fingerprint density at radius 2 is 1.49 bits per heavy atom. The molecule has 5 atom stereocenters. The van der Waals surface area contributed by atoms with Crippen LogP contribution in [0.15, 0.2) is 54.7 Å². The molecular weight excluding hydrogens is 904 g/mol. The second kappa shape index (κ2) is 26.5. The summed E-state index contributed by atoms with van der Waals surface area (Å²) in [5.74, 6) is -10.3. The number of aliphatic carboxylic acids is 2. The molecule has 21 heteroatoms. The number of nitrogens with zero attached hydrogens (tertiary/aromatic N) is 3. The van der Waals surface area contributed by atoms with E-state index in [0.717, 1.165) is 23.8 Å². The molecular formula is C47H63F5N6O10. The molecule has 0 fully saturated rings. The smallest absolute Gasteiger partial charge is 0.481 e. The number of unbranched alkanes of at least 4 members (excludes halogenated alkanes) is 1. The molecule has 0 saturated carbocycles. The lowest BCUT2D eigenvalue weighted by atomic mass is 9.84. The number of Topliss-reactive ketones (excluding diaryl/α,β-unsaturated/α-hetero) is 2. The Hall–Kier alpha value is -6.09. The summed E-state index contributed by atoms with van der Waals surface area (Å²) in [5, 5.41) is 32.9. The average molecular weight is 967 g/mol. The van der Waals surface area contributed by atoms with Crippen molar-refractivity contribution < 1.29 is 70.8 Å². The number of nitrogens with two attached hydrogens (primary N) is 1. The zero-order valence-electron chi connectivity index (χ0n) is 39.2. The van der Waals surface area contributed by atoms with Crippen molar-refractivity contribution in [3.63, 3.8) is 0 Å². The Morgan fingerprint density at radius 3 is 2.00 bits per heavy atom. The molecule has 0 unspecified atom stereocenters. The number of carboxylic acid groups (broad SMARTS) is 2. The number of alkyl halides is 3. The van der Waals surface area contributed by atoms with Gasteiger partial charge in [-0.25, -0.2) is 18.6 Å². The van der Waals surface area contributed by atoms with E-state index in [2.05, 4.69) is 10.6 Å². The van der Waals surface area contributed by atoms with E-state index < -0.39 is 95.8 Å². The van der Waals surface area contributed by atoms with E-state index in [4.69, 9.17) is 20.6 Å². The third-order valence-electron chi connectivity index (χ3n) is 10.9. The molecule has 1 heterocycles. The zero-order valence-corrected chi connectivity index (χ0v) is 39.2. The summed E-state index contributed by atoms with van der Waals surface area (Å²) >= 11 is 0. The first-order chi connectivity index (χ1) is 31.6. The number of hydrogen-bond acceptors (Lipinski definition) is 10. The number of hydrogen-bond donors (Lipinski definition) is 6. The fraction of sp³-hybridized carbons (Fsp3) is 0.532. The van der Waals surface area contributed by atoms with Gasteiger partial charge in [-0.15, -0.1) is 0 Å². The van der Waals surface area contributed by atoms with Gasteiger partial charge in [-0.2, -0.15) is 13.2 Å². The molecule has 0 bridgehead atoms. The van der Waals surface area contributed by atoms with Crippen LogP contribution in [0.3, 0.4) is 0 Å². The van der Waals surface area contributed by atoms with Gasteiger partial charge >= 0.3 is 18.1 Å². The number of aliphatic hydroxyl groups is 1. The standard InChI is InChI=1S/C45H62F2N6O8.C2HF3O2/c1-27(2)33(23-39(57)36(50-29(4)55)15-11-12-19-48)43(59)49-28(3)38(56)21-31(44(60)61)18-20-53(40(58)26-54)41(45(5,6)7)42-51-37(34-22-32(46)16-17-35(34)47)25-52(42)24-30-13-9-8-10-14-30;3-2(4,5)1(6)7/h8-10,13-14,16-17,22,25,27-28,31,33,36,41,54H,11-12,15,18-21,23-24,26,48H2,1-7H3,(H,49,59)(H,50,55)(H,60,61);(H,6,7)/t28-,31+,33-,36-,41-;/m0./s1. The van der Waals surface area contributed by atoms with Crippen molar-refractivity contribution in [2.24, 2.45) is 28.9 Å². The SMILES string of the molecule is CC(=O)N[C@@H](CCCCN)C(=O)C[C@H](C(=O)N[C@@H](C)C(=O)C[C@@H](CCN(C(=O)CO)[C@@H](c1nc(-c2cc(F)ccc2F)cn1Cc1ccccc1)C(C)(C)C)C(=O)O)C(C)C.O=C(O)C(F)(F)F. The highest BCUT2D eigenvalue weighted by Gasteiger charge is 2.40. The molecule has 3 aromatic rings. The maximum Gasteiger partial charge on any atom is 0.490 e. The van der Waals surface area contributed by atoms with Gasteiger partial charge in [-0.05, 0) is 74.2 Å². The molecule has 0 aliphatic heterocycles. The molecule has 68 heavy (non-hydrogen) atoms. The number of aromatic nitrogens is 2. The van der Waals surface area contributed by atoms with Gasteiger partial charge in [0, 0.05) is 50.5 Å². The van der Waals surface area contributed by atoms with Crippen molar-refractivity contribution in [3.8, 4) is 11.3 Å². The molecule has 0 saturated heterocycles. The summed E-state index contributed by atoms with van der Waals surface area (Å²) in [5.41, 5.74) is 5.59. The summed E-state index contributed by atoms with van der Waals surface area (Å²) in [6.45, 7) is 11.2. The van der Waals surface area contributed by atoms with Crippen LogP contribution < -0.4 is 16.4 Å². The van der Waals surface area contributed by atoms with Crippen molar-refractivity contribution in [2.75, 3.05) is 19.7 Å². The minimum absolute atomic E-state index is 0.0951. The number of carboxylic acids is 2. The number of carbonyl (C=O) groups is 7. The molecule has 0 radical (unpaired) electrons. The third-order valence-corrected chi connectivity index (χ3v) is 10.9. The highest BCUT2D eigenvalue weighted by molar-refractivity contribution is 5.95. The van der Waals surface area contributed by atoms with Crippen molar-refractivity contribution in [2.45, 2.75) is 118 Å². The number of aliphatic hydroxyl groups excluding tert-OH is 1. The van der Waals surface area contributed by atoms with Gasteiger partial charge in [0.25, 0.3) is 0 Å². The fourth-order valence-corrected chi connectivity index (χ4v) is 7.33. The third kappa shape index (κ3) is 18.2. The van der Waals surface area contributed by atoms with E-state index in [1.165, 1.54) is 18.7 Å². The molecule has 0 aliphatic carbocycles. The van der Waals surface area contributed by atoms with Crippen LogP contribution in [0.4, 0.5) is 22.0 Å². The Balaban J connectivity index is 0.00000209. The number of ketones is 2. The lowest BCUT2D eigenvalue weighted by Crippen LogP contribution is -2.47. The molecule has 376 valence electrons. The normalized spacial score (nSPS) is 13.8. The van der Waals surface area contributed by atoms with E-state index in [0.29, 0.717) is 25.8 Å². The number of carbonyl (C=O) groups excluding carboxylic acids is 5. The van der Waals surface area contributed by atoms with Crippen molar-refractivity contribution in [1.29, 1.82) is 0 Å². The Labute approximate surface area is 391 Å². The first-order valence-corrected chi connectivity index (χ1v) is 21.9. The monoisotopic (exact) mass is 966 g/mol. The van der Waals surface area contributed by atoms with E-state index >= 15 is 4.39 Å². The van der Waals surface area contributed by atoms with E-state index in [1.807, 2.05) is 51.1 Å². The Bertz CT molecular complexity index is 2200. The molecule has 3 rings (SSSR count). The number of halogens is 5. The Morgan fingerprint density at radius 1 is 0.868 bits per heavy atom. The largest absolute Gasteiger partial charge is 0.490 e. The highest BCUT2D eigenvalue weighted by Crippen LogP contribution is 2.40. The molecule has 16 nitrogen and oxygen atoms in total. The molecule has 0 spiro atoms. The Kier molecular flexibility index (Phi) is 22.6. The number of nitrogens with one attached hydrogen (secondary N) is 2. The van der Waals surface area contributed by atoms with Crippen molar-refractivity contribution in [3.05, 3.63) is 77.8 Å². The van der Waals surface area contributed by atoms with Crippen LogP contribution in [0.5, 0.6) is 0 Å². The number of imidazole rings is 1. The number of amides is 3. The van der Waals surface area contributed by atoms with Gasteiger partial charge in [0.1, 0.15) is 24.1 Å². The summed E-state index contributed by atoms with van der Waals surface area (Å²) in [4.78, 5) is 93.4. The van der Waals surface area contributed by atoms with Crippen LogP contribution in [-0.2, 0) is 40.1 Å². The molecule has 3 amide bonds. The van der Waals surface area contributed by atoms with Gasteiger partial charge in [-0.3, -0.25) is 28.8 Å².